The summed E-state index contributed by atoms with van der Waals surface area (Å²) in [6, 6.07) is -1.18. The lowest BCUT2D eigenvalue weighted by molar-refractivity contribution is 0.145. The molecule has 2 aromatic rings. The third-order valence-corrected chi connectivity index (χ3v) is 3.02. The van der Waals surface area contributed by atoms with Crippen molar-refractivity contribution in [1.29, 1.82) is 0 Å². The van der Waals surface area contributed by atoms with Crippen LogP contribution in [0.3, 0.4) is 0 Å². The third-order valence-electron chi connectivity index (χ3n) is 3.02. The van der Waals surface area contributed by atoms with Crippen LogP contribution >= 0.6 is 0 Å². The molecule has 0 amide bonds. The van der Waals surface area contributed by atoms with E-state index in [0.717, 1.165) is 0 Å². The van der Waals surface area contributed by atoms with E-state index in [1.807, 2.05) is 0 Å². The lowest BCUT2D eigenvalue weighted by atomic mass is 10.1. The number of H-pyrrole nitrogens is 2. The van der Waals surface area contributed by atoms with Crippen molar-refractivity contribution in [2.75, 3.05) is 25.6 Å². The van der Waals surface area contributed by atoms with Crippen molar-refractivity contribution in [3.63, 3.8) is 0 Å². The molecule has 0 bridgehead atoms. The molecule has 9 nitrogen and oxygen atoms in total. The van der Waals surface area contributed by atoms with Gasteiger partial charge in [-0.3, -0.25) is 9.78 Å². The summed E-state index contributed by atoms with van der Waals surface area (Å²) in [5.41, 5.74) is 6.22. The summed E-state index contributed by atoms with van der Waals surface area (Å²) < 4.78 is 0. The van der Waals surface area contributed by atoms with E-state index >= 15 is 0 Å². The Bertz CT molecular complexity index is 633. The lowest BCUT2D eigenvalue weighted by Crippen LogP contribution is -2.39. The summed E-state index contributed by atoms with van der Waals surface area (Å²) >= 11 is 0. The Morgan fingerprint density at radius 1 is 1.30 bits per heavy atom. The largest absolute Gasteiger partial charge is 0.395 e. The molecule has 2 heterocycles. The van der Waals surface area contributed by atoms with Crippen LogP contribution in [-0.4, -0.2) is 56.1 Å². The minimum atomic E-state index is -0.596. The molecule has 0 aliphatic carbocycles. The zero-order valence-electron chi connectivity index (χ0n) is 10.6. The molecule has 1 unspecified atom stereocenters. The van der Waals surface area contributed by atoms with E-state index in [1.165, 1.54) is 6.20 Å². The molecule has 9 heteroatoms. The number of aromatic amines is 2. The molecule has 0 spiro atoms. The number of nitrogens with two attached hydrogens (primary N) is 1. The highest BCUT2D eigenvalue weighted by Crippen LogP contribution is 2.21. The van der Waals surface area contributed by atoms with E-state index in [9.17, 15) is 9.90 Å². The number of aromatic nitrogens is 3. The molecule has 0 saturated heterocycles. The number of nitrogens with one attached hydrogen (secondary N) is 3. The normalized spacial score (nSPS) is 13.2. The lowest BCUT2D eigenvalue weighted by Gasteiger charge is -2.21. The van der Waals surface area contributed by atoms with Crippen LogP contribution in [0.25, 0.3) is 11.0 Å². The van der Waals surface area contributed by atoms with E-state index in [4.69, 9.17) is 15.9 Å². The van der Waals surface area contributed by atoms with Gasteiger partial charge < -0.3 is 31.4 Å². The van der Waals surface area contributed by atoms with Gasteiger partial charge in [0.2, 0.25) is 5.95 Å². The van der Waals surface area contributed by atoms with Crippen LogP contribution in [0.4, 0.5) is 5.95 Å². The fourth-order valence-electron chi connectivity index (χ4n) is 2.01. The first-order valence-electron chi connectivity index (χ1n) is 6.06. The zero-order valence-corrected chi connectivity index (χ0v) is 10.6. The van der Waals surface area contributed by atoms with Crippen LogP contribution in [-0.2, 0) is 0 Å². The minimum Gasteiger partial charge on any atom is -0.395 e. The molecule has 110 valence electrons. The van der Waals surface area contributed by atoms with Gasteiger partial charge in [-0.15, -0.1) is 0 Å². The van der Waals surface area contributed by atoms with Crippen molar-refractivity contribution >= 4 is 17.0 Å². The summed E-state index contributed by atoms with van der Waals surface area (Å²) in [7, 11) is 0. The molecule has 2 aromatic heterocycles. The summed E-state index contributed by atoms with van der Waals surface area (Å²) in [6.45, 7) is -0.866. The van der Waals surface area contributed by atoms with Gasteiger partial charge in [-0.1, -0.05) is 0 Å². The highest BCUT2D eigenvalue weighted by atomic mass is 16.3. The average molecular weight is 283 g/mol. The van der Waals surface area contributed by atoms with Crippen LogP contribution in [0.2, 0.25) is 0 Å². The molecule has 20 heavy (non-hydrogen) atoms. The van der Waals surface area contributed by atoms with Gasteiger partial charge in [0.25, 0.3) is 5.56 Å². The Morgan fingerprint density at radius 2 is 2.00 bits per heavy atom. The third kappa shape index (κ3) is 2.65. The maximum absolute atomic E-state index is 11.7. The summed E-state index contributed by atoms with van der Waals surface area (Å²) in [5, 5.41) is 30.5. The Labute approximate surface area is 113 Å². The number of aliphatic hydroxyl groups is 3. The second-order valence-corrected chi connectivity index (χ2v) is 4.38. The molecular weight excluding hydrogens is 266 g/mol. The molecule has 0 aliphatic rings. The maximum atomic E-state index is 11.7. The number of anilines is 1. The minimum absolute atomic E-state index is 0.0269. The van der Waals surface area contributed by atoms with Gasteiger partial charge in [0.1, 0.15) is 11.0 Å². The predicted octanol–water partition coefficient (Wildman–Crippen LogP) is -2.19. The van der Waals surface area contributed by atoms with E-state index < -0.39 is 17.6 Å². The van der Waals surface area contributed by atoms with Gasteiger partial charge in [-0.2, -0.15) is 0 Å². The number of aliphatic hydroxyl groups excluding tert-OH is 3. The molecule has 0 aliphatic heterocycles. The SMILES string of the molecule is Nc1nc2c(C(CO)NC(CO)CO)c[nH]c2c(=O)[nH]1. The second kappa shape index (κ2) is 6.01. The number of hydrogen-bond acceptors (Lipinski definition) is 7. The highest BCUT2D eigenvalue weighted by molar-refractivity contribution is 5.79. The zero-order chi connectivity index (χ0) is 14.7. The van der Waals surface area contributed by atoms with E-state index in [1.54, 1.807) is 0 Å². The Kier molecular flexibility index (Phi) is 4.35. The van der Waals surface area contributed by atoms with Gasteiger partial charge in [0, 0.05) is 11.8 Å². The average Bonchev–Trinajstić information content (AvgIpc) is 2.84. The van der Waals surface area contributed by atoms with E-state index in [-0.39, 0.29) is 31.3 Å². The van der Waals surface area contributed by atoms with Crippen molar-refractivity contribution in [1.82, 2.24) is 20.3 Å². The summed E-state index contributed by atoms with van der Waals surface area (Å²) in [4.78, 5) is 20.9. The number of hydrogen-bond donors (Lipinski definition) is 7. The number of rotatable bonds is 6. The Balaban J connectivity index is 2.42. The summed E-state index contributed by atoms with van der Waals surface area (Å²) in [5.74, 6) is -0.0269. The van der Waals surface area contributed by atoms with Crippen molar-refractivity contribution < 1.29 is 15.3 Å². The van der Waals surface area contributed by atoms with E-state index in [2.05, 4.69) is 20.3 Å². The van der Waals surface area contributed by atoms with Crippen molar-refractivity contribution in [2.24, 2.45) is 0 Å². The van der Waals surface area contributed by atoms with Crippen molar-refractivity contribution in [2.45, 2.75) is 12.1 Å². The Morgan fingerprint density at radius 3 is 2.60 bits per heavy atom. The fourth-order valence-corrected chi connectivity index (χ4v) is 2.01. The van der Waals surface area contributed by atoms with Crippen molar-refractivity contribution in [3.05, 3.63) is 22.1 Å². The second-order valence-electron chi connectivity index (χ2n) is 4.38. The monoisotopic (exact) mass is 283 g/mol. The molecule has 0 aromatic carbocycles. The molecule has 0 radical (unpaired) electrons. The van der Waals surface area contributed by atoms with Crippen LogP contribution in [0.1, 0.15) is 11.6 Å². The molecule has 0 fully saturated rings. The van der Waals surface area contributed by atoms with Crippen LogP contribution in [0, 0.1) is 0 Å². The standard InChI is InChI=1S/C11H17N5O4/c12-11-15-8-6(1-13-9(8)10(20)16-11)7(4-19)14-5(2-17)3-18/h1,5,7,13-14,17-19H,2-4H2,(H3,12,15,16,20). The number of fused-ring (bicyclic) bond motifs is 1. The molecule has 8 N–H and O–H groups in total. The van der Waals surface area contributed by atoms with Gasteiger partial charge in [0.05, 0.1) is 31.9 Å². The maximum Gasteiger partial charge on any atom is 0.276 e. The molecule has 0 saturated carbocycles. The first-order chi connectivity index (χ1) is 9.60. The molecular formula is C11H17N5O4. The molecule has 2 rings (SSSR count). The van der Waals surface area contributed by atoms with Crippen LogP contribution in [0.15, 0.2) is 11.0 Å². The highest BCUT2D eigenvalue weighted by Gasteiger charge is 2.20. The van der Waals surface area contributed by atoms with Crippen molar-refractivity contribution in [3.8, 4) is 0 Å². The quantitative estimate of drug-likeness (QED) is 0.317. The first-order valence-corrected chi connectivity index (χ1v) is 6.06. The summed E-state index contributed by atoms with van der Waals surface area (Å²) in [6.07, 6.45) is 1.53. The smallest absolute Gasteiger partial charge is 0.276 e. The van der Waals surface area contributed by atoms with Crippen LogP contribution < -0.4 is 16.6 Å². The predicted molar refractivity (Wildman–Crippen MR) is 72.0 cm³/mol. The Hall–Kier alpha value is -1.94. The van der Waals surface area contributed by atoms with Gasteiger partial charge in [0.15, 0.2) is 0 Å². The molecule has 1 atom stereocenters. The topological polar surface area (TPSA) is 160 Å². The van der Waals surface area contributed by atoms with Gasteiger partial charge >= 0.3 is 0 Å². The van der Waals surface area contributed by atoms with Gasteiger partial charge in [-0.05, 0) is 0 Å². The first kappa shape index (κ1) is 14.5. The van der Waals surface area contributed by atoms with Crippen LogP contribution in [0.5, 0.6) is 0 Å². The number of nitrogens with zero attached hydrogens (tertiary/aromatic N) is 1. The fraction of sp³-hybridized carbons (Fsp3) is 0.455. The van der Waals surface area contributed by atoms with E-state index in [0.29, 0.717) is 11.1 Å². The van der Waals surface area contributed by atoms with Gasteiger partial charge in [-0.25, -0.2) is 4.98 Å². The number of nitrogen functional groups attached to an aromatic ring is 1.